The van der Waals surface area contributed by atoms with Crippen LogP contribution in [0.25, 0.3) is 0 Å². The molecule has 0 atom stereocenters. The number of Topliss-reactive ketones (excluding diaryl/α,β-unsaturated/α-hetero) is 1. The molecule has 3 rings (SSSR count). The predicted molar refractivity (Wildman–Crippen MR) is 156 cm³/mol. The highest BCUT2D eigenvalue weighted by Crippen LogP contribution is 2.54. The molecule has 3 aromatic carbocycles. The quantitative estimate of drug-likeness (QED) is 0.0769. The highest BCUT2D eigenvalue weighted by Gasteiger charge is 2.44. The van der Waals surface area contributed by atoms with Gasteiger partial charge in [0.25, 0.3) is 16.8 Å². The minimum atomic E-state index is -4.59. The van der Waals surface area contributed by atoms with E-state index in [9.17, 15) is 23.7 Å². The van der Waals surface area contributed by atoms with Gasteiger partial charge >= 0.3 is 13.3 Å². The summed E-state index contributed by atoms with van der Waals surface area (Å²) >= 11 is 0. The minimum Gasteiger partial charge on any atom is -0.457 e. The molecule has 8 nitrogen and oxygen atoms in total. The molecule has 0 aliphatic carbocycles. The van der Waals surface area contributed by atoms with Crippen LogP contribution in [0.2, 0.25) is 0 Å². The second-order valence-corrected chi connectivity index (χ2v) is 12.2. The number of rotatable bonds is 13. The van der Waals surface area contributed by atoms with E-state index in [1.54, 1.807) is 70.2 Å². The summed E-state index contributed by atoms with van der Waals surface area (Å²) in [6, 6.07) is 15.2. The van der Waals surface area contributed by atoms with Crippen LogP contribution in [0.4, 0.5) is 0 Å². The standard InChI is InChI=1S/C32H35O8P/c1-20-16-22(3)27(23(4)17-20)31(35)41(37,32(36)28-24(5)18-21(2)19-25(28)6)40-15-13-38-12-14-39-30(34)29(33)26-10-8-7-9-11-26/h7-11,16-19H,12-15H2,1-6H3. The molecule has 0 heterocycles. The number of carbonyl (C=O) groups is 4. The zero-order valence-electron chi connectivity index (χ0n) is 24.2. The molecule has 0 amide bonds. The maximum absolute atomic E-state index is 14.3. The van der Waals surface area contributed by atoms with Crippen LogP contribution < -0.4 is 0 Å². The average Bonchev–Trinajstić information content (AvgIpc) is 2.91. The van der Waals surface area contributed by atoms with Crippen LogP contribution >= 0.6 is 7.37 Å². The second kappa shape index (κ2) is 13.8. The Hall–Kier alpha value is -3.71. The van der Waals surface area contributed by atoms with Crippen LogP contribution in [-0.4, -0.2) is 49.2 Å². The number of hydrogen-bond donors (Lipinski definition) is 0. The Kier molecular flexibility index (Phi) is 10.7. The molecule has 3 aromatic rings. The van der Waals surface area contributed by atoms with Crippen molar-refractivity contribution < 1.29 is 37.7 Å². The van der Waals surface area contributed by atoms with Crippen LogP contribution in [0.5, 0.6) is 0 Å². The molecule has 0 aliphatic heterocycles. The molecule has 0 spiro atoms. The van der Waals surface area contributed by atoms with Crippen molar-refractivity contribution in [3.05, 3.63) is 105 Å². The van der Waals surface area contributed by atoms with Gasteiger partial charge in [0.05, 0.1) is 19.8 Å². The summed E-state index contributed by atoms with van der Waals surface area (Å²) in [5.74, 6) is -1.78. The molecular weight excluding hydrogens is 543 g/mol. The molecule has 216 valence electrons. The van der Waals surface area contributed by atoms with E-state index in [-0.39, 0.29) is 43.1 Å². The van der Waals surface area contributed by atoms with Crippen molar-refractivity contribution in [2.75, 3.05) is 26.4 Å². The Morgan fingerprint density at radius 1 is 0.634 bits per heavy atom. The normalized spacial score (nSPS) is 11.3. The third kappa shape index (κ3) is 7.53. The van der Waals surface area contributed by atoms with E-state index < -0.39 is 30.2 Å². The van der Waals surface area contributed by atoms with Crippen LogP contribution in [-0.2, 0) is 23.4 Å². The van der Waals surface area contributed by atoms with E-state index >= 15 is 0 Å². The zero-order chi connectivity index (χ0) is 30.3. The van der Waals surface area contributed by atoms with Crippen LogP contribution in [0.15, 0.2) is 54.6 Å². The van der Waals surface area contributed by atoms with Gasteiger partial charge in [-0.3, -0.25) is 18.9 Å². The maximum Gasteiger partial charge on any atom is 0.379 e. The van der Waals surface area contributed by atoms with Crippen LogP contribution in [0, 0.1) is 41.5 Å². The molecule has 0 radical (unpaired) electrons. The monoisotopic (exact) mass is 578 g/mol. The largest absolute Gasteiger partial charge is 0.457 e. The molecule has 0 unspecified atom stereocenters. The van der Waals surface area contributed by atoms with Gasteiger partial charge in [0.2, 0.25) is 0 Å². The van der Waals surface area contributed by atoms with Crippen molar-refractivity contribution in [3.8, 4) is 0 Å². The fourth-order valence-electron chi connectivity index (χ4n) is 4.83. The third-order valence-electron chi connectivity index (χ3n) is 6.50. The number of aryl methyl sites for hydroxylation is 6. The van der Waals surface area contributed by atoms with E-state index in [4.69, 9.17) is 14.0 Å². The zero-order valence-corrected chi connectivity index (χ0v) is 25.1. The summed E-state index contributed by atoms with van der Waals surface area (Å²) < 4.78 is 30.3. The van der Waals surface area contributed by atoms with Gasteiger partial charge in [0.1, 0.15) is 6.61 Å². The summed E-state index contributed by atoms with van der Waals surface area (Å²) in [4.78, 5) is 51.7. The van der Waals surface area contributed by atoms with Crippen molar-refractivity contribution in [2.24, 2.45) is 0 Å². The lowest BCUT2D eigenvalue weighted by Gasteiger charge is -2.21. The van der Waals surface area contributed by atoms with Gasteiger partial charge in [-0.1, -0.05) is 65.7 Å². The molecule has 0 aliphatic rings. The topological polar surface area (TPSA) is 113 Å². The van der Waals surface area contributed by atoms with Crippen molar-refractivity contribution in [1.29, 1.82) is 0 Å². The molecular formula is C32H35O8P. The summed E-state index contributed by atoms with van der Waals surface area (Å²) in [7, 11) is -4.59. The van der Waals surface area contributed by atoms with Crippen LogP contribution in [0.3, 0.4) is 0 Å². The van der Waals surface area contributed by atoms with Crippen LogP contribution in [0.1, 0.15) is 64.5 Å². The molecule has 0 saturated carbocycles. The highest BCUT2D eigenvalue weighted by molar-refractivity contribution is 7.91. The minimum absolute atomic E-state index is 0.0737. The Morgan fingerprint density at radius 3 is 1.54 bits per heavy atom. The smallest absolute Gasteiger partial charge is 0.379 e. The number of ether oxygens (including phenoxy) is 2. The first-order valence-corrected chi connectivity index (χ1v) is 14.8. The Morgan fingerprint density at radius 2 is 1.07 bits per heavy atom. The maximum atomic E-state index is 14.3. The number of benzene rings is 3. The number of esters is 1. The first-order valence-electron chi connectivity index (χ1n) is 13.2. The lowest BCUT2D eigenvalue weighted by molar-refractivity contribution is -0.139. The van der Waals surface area contributed by atoms with Crippen molar-refractivity contribution in [1.82, 2.24) is 0 Å². The number of carbonyl (C=O) groups excluding carboxylic acids is 4. The molecule has 9 heteroatoms. The Bertz CT molecular complexity index is 1400. The van der Waals surface area contributed by atoms with Gasteiger partial charge in [-0.05, 0) is 63.8 Å². The van der Waals surface area contributed by atoms with Crippen molar-refractivity contribution >= 4 is 30.2 Å². The van der Waals surface area contributed by atoms with E-state index in [0.29, 0.717) is 22.3 Å². The van der Waals surface area contributed by atoms with E-state index in [1.807, 2.05) is 13.8 Å². The van der Waals surface area contributed by atoms with Gasteiger partial charge in [-0.15, -0.1) is 0 Å². The molecule has 0 fully saturated rings. The number of hydrogen-bond acceptors (Lipinski definition) is 8. The lowest BCUT2D eigenvalue weighted by atomic mass is 10.0. The molecule has 0 bridgehead atoms. The van der Waals surface area contributed by atoms with Crippen molar-refractivity contribution in [3.63, 3.8) is 0 Å². The molecule has 0 aromatic heterocycles. The van der Waals surface area contributed by atoms with Gasteiger partial charge in [-0.25, -0.2) is 4.79 Å². The molecule has 0 saturated heterocycles. The van der Waals surface area contributed by atoms with E-state index in [1.165, 1.54) is 12.1 Å². The Labute approximate surface area is 240 Å². The Balaban J connectivity index is 1.71. The summed E-state index contributed by atoms with van der Waals surface area (Å²) in [5, 5.41) is 0. The van der Waals surface area contributed by atoms with Gasteiger partial charge in [0, 0.05) is 16.7 Å². The number of ketones is 1. The first-order chi connectivity index (χ1) is 19.4. The summed E-state index contributed by atoms with van der Waals surface area (Å²) in [5.41, 5.74) is 3.18. The fraction of sp³-hybridized carbons (Fsp3) is 0.312. The average molecular weight is 579 g/mol. The van der Waals surface area contributed by atoms with Gasteiger partial charge in [-0.2, -0.15) is 0 Å². The van der Waals surface area contributed by atoms with E-state index in [0.717, 1.165) is 11.1 Å². The van der Waals surface area contributed by atoms with E-state index in [2.05, 4.69) is 0 Å². The summed E-state index contributed by atoms with van der Waals surface area (Å²) in [6.07, 6.45) is 0. The van der Waals surface area contributed by atoms with Gasteiger partial charge in [0.15, 0.2) is 0 Å². The van der Waals surface area contributed by atoms with Gasteiger partial charge < -0.3 is 14.0 Å². The molecule has 0 N–H and O–H groups in total. The first kappa shape index (κ1) is 31.8. The fourth-order valence-corrected chi connectivity index (χ4v) is 6.88. The molecule has 41 heavy (non-hydrogen) atoms. The second-order valence-electron chi connectivity index (χ2n) is 9.99. The summed E-state index contributed by atoms with van der Waals surface area (Å²) in [6.45, 7) is 9.99. The highest BCUT2D eigenvalue weighted by atomic mass is 31.2. The lowest BCUT2D eigenvalue weighted by Crippen LogP contribution is -2.21. The SMILES string of the molecule is Cc1cc(C)c(C(=O)P(=O)(OCCOCCOC(=O)C(=O)c2ccccc2)C(=O)c2c(C)cc(C)cc2C)c(C)c1. The van der Waals surface area contributed by atoms with Crippen molar-refractivity contribution in [2.45, 2.75) is 41.5 Å². The third-order valence-corrected chi connectivity index (χ3v) is 8.56. The predicted octanol–water partition coefficient (Wildman–Crippen LogP) is 6.26.